The van der Waals surface area contributed by atoms with Crippen LogP contribution in [0.15, 0.2) is 18.3 Å². The molecule has 5 fully saturated rings. The summed E-state index contributed by atoms with van der Waals surface area (Å²) in [6, 6.07) is 4.06. The number of alkyl halides is 3. The highest BCUT2D eigenvalue weighted by Gasteiger charge is 2.82. The van der Waals surface area contributed by atoms with E-state index < -0.39 is 12.1 Å². The lowest BCUT2D eigenvalue weighted by Crippen LogP contribution is -2.52. The standard InChI is InChI=1S/C24H28F3N5O2/c25-24(26,27)34-19-7-14(11-29-22(19)28)17-9-20(32(30-17)12-13-1-2-13)23-10-15-18(8-16(23)21(15)23)31-3-5-33-6-4-31/h7,9,11,13,15-16,18,21H,1-6,8,10,12H2,(H2,28,29)/t15?,16-,18+,21+,23+/m0/s1. The van der Waals surface area contributed by atoms with Gasteiger partial charge in [0, 0.05) is 48.5 Å². The maximum Gasteiger partial charge on any atom is 0.573 e. The number of nitrogens with two attached hydrogens (primary N) is 1. The minimum absolute atomic E-state index is 0.195. The number of nitrogen functional groups attached to an aromatic ring is 1. The van der Waals surface area contributed by atoms with Crippen LogP contribution in [-0.4, -0.2) is 58.4 Å². The summed E-state index contributed by atoms with van der Waals surface area (Å²) < 4.78 is 50.2. The maximum absolute atomic E-state index is 12.8. The summed E-state index contributed by atoms with van der Waals surface area (Å²) >= 11 is 0. The number of fused-ring (bicyclic) bond motifs is 1. The second-order valence-electron chi connectivity index (χ2n) is 10.7. The van der Waals surface area contributed by atoms with Crippen molar-refractivity contribution in [3.8, 4) is 17.0 Å². The van der Waals surface area contributed by atoms with E-state index in [2.05, 4.69) is 25.4 Å². The van der Waals surface area contributed by atoms with Gasteiger partial charge in [0.25, 0.3) is 0 Å². The van der Waals surface area contributed by atoms with E-state index in [0.717, 1.165) is 38.8 Å². The number of rotatable bonds is 6. The molecular formula is C24H28F3N5O2. The number of halogens is 3. The van der Waals surface area contributed by atoms with E-state index in [1.807, 2.05) is 0 Å². The number of hydrogen-bond acceptors (Lipinski definition) is 6. The lowest BCUT2D eigenvalue weighted by atomic mass is 9.66. The van der Waals surface area contributed by atoms with Crippen LogP contribution in [0.4, 0.5) is 19.0 Å². The van der Waals surface area contributed by atoms with Crippen LogP contribution in [0.5, 0.6) is 5.75 Å². The summed E-state index contributed by atoms with van der Waals surface area (Å²) in [6.45, 7) is 4.60. The van der Waals surface area contributed by atoms with Crippen molar-refractivity contribution in [3.05, 3.63) is 24.0 Å². The van der Waals surface area contributed by atoms with E-state index in [1.54, 1.807) is 0 Å². The van der Waals surface area contributed by atoms with E-state index in [4.69, 9.17) is 15.6 Å². The van der Waals surface area contributed by atoms with Crippen molar-refractivity contribution in [1.29, 1.82) is 0 Å². The predicted octanol–water partition coefficient (Wildman–Crippen LogP) is 3.44. The molecule has 0 amide bonds. The Bertz CT molecular complexity index is 1120. The van der Waals surface area contributed by atoms with Crippen LogP contribution in [0.25, 0.3) is 11.3 Å². The number of anilines is 1. The second kappa shape index (κ2) is 7.10. The topological polar surface area (TPSA) is 78.4 Å². The highest BCUT2D eigenvalue weighted by atomic mass is 19.4. The minimum atomic E-state index is -4.83. The molecule has 182 valence electrons. The molecule has 4 saturated carbocycles. The highest BCUT2D eigenvalue weighted by Crippen LogP contribution is 2.82. The second-order valence-corrected chi connectivity index (χ2v) is 10.7. The van der Waals surface area contributed by atoms with Crippen molar-refractivity contribution >= 4 is 5.82 Å². The third kappa shape index (κ3) is 3.17. The molecule has 0 radical (unpaired) electrons. The monoisotopic (exact) mass is 475 g/mol. The van der Waals surface area contributed by atoms with Crippen LogP contribution >= 0.6 is 0 Å². The van der Waals surface area contributed by atoms with Gasteiger partial charge in [0.2, 0.25) is 0 Å². The smallest absolute Gasteiger partial charge is 0.402 e. The summed E-state index contributed by atoms with van der Waals surface area (Å²) in [6.07, 6.45) is 1.49. The summed E-state index contributed by atoms with van der Waals surface area (Å²) in [4.78, 5) is 6.57. The van der Waals surface area contributed by atoms with Gasteiger partial charge in [-0.15, -0.1) is 13.2 Å². The fraction of sp³-hybridized carbons (Fsp3) is 0.667. The molecule has 2 aromatic heterocycles. The van der Waals surface area contributed by atoms with Gasteiger partial charge in [-0.25, -0.2) is 4.98 Å². The Morgan fingerprint density at radius 1 is 1.21 bits per heavy atom. The molecule has 1 saturated heterocycles. The molecule has 2 aromatic rings. The quantitative estimate of drug-likeness (QED) is 0.690. The fourth-order valence-electron chi connectivity index (χ4n) is 7.25. The van der Waals surface area contributed by atoms with Crippen molar-refractivity contribution in [3.63, 3.8) is 0 Å². The maximum atomic E-state index is 12.8. The molecule has 0 bridgehead atoms. The number of hydrogen-bond donors (Lipinski definition) is 1. The first-order valence-electron chi connectivity index (χ1n) is 12.3. The van der Waals surface area contributed by atoms with Gasteiger partial charge >= 0.3 is 6.36 Å². The van der Waals surface area contributed by atoms with Crippen molar-refractivity contribution in [2.45, 2.75) is 50.0 Å². The van der Waals surface area contributed by atoms with E-state index in [-0.39, 0.29) is 11.2 Å². The number of nitrogens with zero attached hydrogens (tertiary/aromatic N) is 4. The predicted molar refractivity (Wildman–Crippen MR) is 117 cm³/mol. The molecule has 5 aliphatic rings. The van der Waals surface area contributed by atoms with Gasteiger partial charge in [-0.1, -0.05) is 0 Å². The van der Waals surface area contributed by atoms with Gasteiger partial charge in [0.05, 0.1) is 18.9 Å². The number of morpholine rings is 1. The Labute approximate surface area is 195 Å². The van der Waals surface area contributed by atoms with Crippen LogP contribution in [0.1, 0.15) is 31.4 Å². The van der Waals surface area contributed by atoms with Crippen LogP contribution in [0.3, 0.4) is 0 Å². The largest absolute Gasteiger partial charge is 0.573 e. The third-order valence-electron chi connectivity index (χ3n) is 8.91. The van der Waals surface area contributed by atoms with Gasteiger partial charge in [0.1, 0.15) is 0 Å². The molecular weight excluding hydrogens is 447 g/mol. The first-order chi connectivity index (χ1) is 16.3. The average molecular weight is 476 g/mol. The molecule has 1 unspecified atom stereocenters. The number of ether oxygens (including phenoxy) is 2. The molecule has 7 rings (SSSR count). The molecule has 4 aliphatic carbocycles. The van der Waals surface area contributed by atoms with E-state index in [9.17, 15) is 13.2 Å². The average Bonchev–Trinajstić information content (AvgIpc) is 3.59. The van der Waals surface area contributed by atoms with Gasteiger partial charge in [0.15, 0.2) is 11.6 Å². The molecule has 34 heavy (non-hydrogen) atoms. The summed E-state index contributed by atoms with van der Waals surface area (Å²) in [5.74, 6) is 2.00. The molecule has 5 atom stereocenters. The highest BCUT2D eigenvalue weighted by molar-refractivity contribution is 5.65. The van der Waals surface area contributed by atoms with Crippen molar-refractivity contribution < 1.29 is 22.6 Å². The zero-order valence-corrected chi connectivity index (χ0v) is 18.8. The van der Waals surface area contributed by atoms with Crippen molar-refractivity contribution in [2.24, 2.45) is 23.7 Å². The Balaban J connectivity index is 1.17. The molecule has 1 aliphatic heterocycles. The Morgan fingerprint density at radius 2 is 2.00 bits per heavy atom. The van der Waals surface area contributed by atoms with Crippen LogP contribution in [-0.2, 0) is 16.7 Å². The number of aromatic nitrogens is 3. The molecule has 7 nitrogen and oxygen atoms in total. The van der Waals surface area contributed by atoms with E-state index >= 15 is 0 Å². The lowest BCUT2D eigenvalue weighted by Gasteiger charge is -2.46. The molecule has 10 heteroatoms. The SMILES string of the molecule is Nc1ncc(-c2cc([C@@]34CC5[C@H](N6CCOCC6)C[C@H]3[C@@H]54)n(CC3CC3)n2)cc1OC(F)(F)F. The van der Waals surface area contributed by atoms with E-state index in [1.165, 1.54) is 43.6 Å². The molecule has 3 heterocycles. The van der Waals surface area contributed by atoms with Crippen LogP contribution < -0.4 is 10.5 Å². The molecule has 0 spiro atoms. The summed E-state index contributed by atoms with van der Waals surface area (Å²) in [7, 11) is 0. The lowest BCUT2D eigenvalue weighted by molar-refractivity contribution is -0.274. The van der Waals surface area contributed by atoms with Gasteiger partial charge < -0.3 is 15.2 Å². The first-order valence-corrected chi connectivity index (χ1v) is 12.3. The summed E-state index contributed by atoms with van der Waals surface area (Å²) in [5.41, 5.74) is 8.22. The Hall–Kier alpha value is -2.33. The minimum Gasteiger partial charge on any atom is -0.402 e. The first kappa shape index (κ1) is 21.0. The van der Waals surface area contributed by atoms with Crippen molar-refractivity contribution in [2.75, 3.05) is 32.0 Å². The van der Waals surface area contributed by atoms with E-state index in [0.29, 0.717) is 35.1 Å². The molecule has 2 N–H and O–H groups in total. The van der Waals surface area contributed by atoms with Crippen LogP contribution in [0.2, 0.25) is 0 Å². The van der Waals surface area contributed by atoms with Crippen LogP contribution in [0, 0.1) is 23.7 Å². The van der Waals surface area contributed by atoms with Gasteiger partial charge in [-0.05, 0) is 61.5 Å². The number of pyridine rings is 1. The summed E-state index contributed by atoms with van der Waals surface area (Å²) in [5, 5.41) is 4.87. The molecule has 0 aromatic carbocycles. The Kier molecular flexibility index (Phi) is 4.38. The van der Waals surface area contributed by atoms with Gasteiger partial charge in [-0.2, -0.15) is 5.10 Å². The Morgan fingerprint density at radius 3 is 2.65 bits per heavy atom. The zero-order chi connectivity index (χ0) is 23.2. The van der Waals surface area contributed by atoms with Crippen molar-refractivity contribution in [1.82, 2.24) is 19.7 Å². The zero-order valence-electron chi connectivity index (χ0n) is 18.8. The fourth-order valence-corrected chi connectivity index (χ4v) is 7.25. The van der Waals surface area contributed by atoms with Gasteiger partial charge in [-0.3, -0.25) is 9.58 Å². The third-order valence-corrected chi connectivity index (χ3v) is 8.91. The normalized spacial score (nSPS) is 34.6.